The highest BCUT2D eigenvalue weighted by Crippen LogP contribution is 2.18. The van der Waals surface area contributed by atoms with E-state index < -0.39 is 0 Å². The summed E-state index contributed by atoms with van der Waals surface area (Å²) in [6.07, 6.45) is 0. The van der Waals surface area contributed by atoms with Crippen molar-refractivity contribution in [3.05, 3.63) is 63.6 Å². The molecule has 0 saturated carbocycles. The predicted octanol–water partition coefficient (Wildman–Crippen LogP) is 3.50. The Bertz CT molecular complexity index is 594. The standard InChI is InChI=1S/C15H14BrNO2/c1-10-2-3-11(9-18)8-14(10)17-15(19)12-4-6-13(16)7-5-12/h2-8,18H,9H2,1H3,(H,17,19). The Labute approximate surface area is 120 Å². The van der Waals surface area contributed by atoms with Gasteiger partial charge >= 0.3 is 0 Å². The molecule has 0 aromatic heterocycles. The second kappa shape index (κ2) is 5.99. The van der Waals surface area contributed by atoms with Crippen molar-refractivity contribution in [2.75, 3.05) is 5.32 Å². The summed E-state index contributed by atoms with van der Waals surface area (Å²) in [4.78, 5) is 12.1. The molecule has 0 radical (unpaired) electrons. The van der Waals surface area contributed by atoms with Crippen molar-refractivity contribution in [1.82, 2.24) is 0 Å². The van der Waals surface area contributed by atoms with E-state index in [0.717, 1.165) is 21.3 Å². The van der Waals surface area contributed by atoms with Gasteiger partial charge in [0.25, 0.3) is 5.91 Å². The summed E-state index contributed by atoms with van der Waals surface area (Å²) in [5, 5.41) is 12.0. The Morgan fingerprint density at radius 2 is 1.89 bits per heavy atom. The third kappa shape index (κ3) is 3.43. The Hall–Kier alpha value is -1.65. The topological polar surface area (TPSA) is 49.3 Å². The monoisotopic (exact) mass is 319 g/mol. The van der Waals surface area contributed by atoms with E-state index in [0.29, 0.717) is 5.56 Å². The number of carbonyl (C=O) groups excluding carboxylic acids is 1. The number of anilines is 1. The second-order valence-corrected chi connectivity index (χ2v) is 5.18. The molecule has 4 heteroatoms. The molecule has 0 spiro atoms. The molecule has 2 rings (SSSR count). The van der Waals surface area contributed by atoms with Crippen LogP contribution in [0.2, 0.25) is 0 Å². The van der Waals surface area contributed by atoms with E-state index in [-0.39, 0.29) is 12.5 Å². The number of benzene rings is 2. The summed E-state index contributed by atoms with van der Waals surface area (Å²) in [6, 6.07) is 12.7. The molecular weight excluding hydrogens is 306 g/mol. The molecule has 0 unspecified atom stereocenters. The van der Waals surface area contributed by atoms with E-state index in [1.54, 1.807) is 18.2 Å². The normalized spacial score (nSPS) is 10.3. The first-order valence-electron chi connectivity index (χ1n) is 5.87. The molecule has 0 heterocycles. The van der Waals surface area contributed by atoms with Crippen LogP contribution in [0.4, 0.5) is 5.69 Å². The van der Waals surface area contributed by atoms with Gasteiger partial charge in [0.15, 0.2) is 0 Å². The van der Waals surface area contributed by atoms with Gasteiger partial charge < -0.3 is 10.4 Å². The SMILES string of the molecule is Cc1ccc(CO)cc1NC(=O)c1ccc(Br)cc1. The maximum absolute atomic E-state index is 12.1. The first-order valence-corrected chi connectivity index (χ1v) is 6.67. The maximum atomic E-state index is 12.1. The molecule has 1 amide bonds. The number of hydrogen-bond donors (Lipinski definition) is 2. The predicted molar refractivity (Wildman–Crippen MR) is 79.2 cm³/mol. The van der Waals surface area contributed by atoms with Crippen molar-refractivity contribution in [3.63, 3.8) is 0 Å². The Morgan fingerprint density at radius 3 is 2.53 bits per heavy atom. The van der Waals surface area contributed by atoms with E-state index >= 15 is 0 Å². The number of aryl methyl sites for hydroxylation is 1. The van der Waals surface area contributed by atoms with Crippen LogP contribution in [0.15, 0.2) is 46.9 Å². The van der Waals surface area contributed by atoms with Crippen LogP contribution in [0.5, 0.6) is 0 Å². The number of rotatable bonds is 3. The van der Waals surface area contributed by atoms with Crippen LogP contribution in [0, 0.1) is 6.92 Å². The van der Waals surface area contributed by atoms with E-state index in [4.69, 9.17) is 5.11 Å². The largest absolute Gasteiger partial charge is 0.392 e. The molecule has 2 aromatic rings. The van der Waals surface area contributed by atoms with Gasteiger partial charge in [-0.3, -0.25) is 4.79 Å². The minimum Gasteiger partial charge on any atom is -0.392 e. The lowest BCUT2D eigenvalue weighted by molar-refractivity contribution is 0.102. The van der Waals surface area contributed by atoms with E-state index in [1.165, 1.54) is 0 Å². The fraction of sp³-hybridized carbons (Fsp3) is 0.133. The van der Waals surface area contributed by atoms with Crippen LogP contribution in [0.3, 0.4) is 0 Å². The molecule has 0 saturated heterocycles. The van der Waals surface area contributed by atoms with Crippen LogP contribution >= 0.6 is 15.9 Å². The van der Waals surface area contributed by atoms with Crippen LogP contribution in [-0.2, 0) is 6.61 Å². The van der Waals surface area contributed by atoms with Crippen molar-refractivity contribution < 1.29 is 9.90 Å². The molecule has 2 N–H and O–H groups in total. The lowest BCUT2D eigenvalue weighted by Crippen LogP contribution is -2.12. The maximum Gasteiger partial charge on any atom is 0.255 e. The number of amides is 1. The number of carbonyl (C=O) groups is 1. The van der Waals surface area contributed by atoms with Gasteiger partial charge in [-0.15, -0.1) is 0 Å². The van der Waals surface area contributed by atoms with Crippen LogP contribution < -0.4 is 5.32 Å². The Balaban J connectivity index is 2.21. The minimum absolute atomic E-state index is 0.0402. The lowest BCUT2D eigenvalue weighted by Gasteiger charge is -2.10. The van der Waals surface area contributed by atoms with Crippen LogP contribution in [0.1, 0.15) is 21.5 Å². The average molecular weight is 320 g/mol. The molecule has 0 atom stereocenters. The minimum atomic E-state index is -0.161. The van der Waals surface area contributed by atoms with E-state index in [9.17, 15) is 4.79 Å². The van der Waals surface area contributed by atoms with Crippen molar-refractivity contribution >= 4 is 27.5 Å². The quantitative estimate of drug-likeness (QED) is 0.909. The molecule has 2 aromatic carbocycles. The van der Waals surface area contributed by atoms with Gasteiger partial charge in [-0.2, -0.15) is 0 Å². The first-order chi connectivity index (χ1) is 9.10. The van der Waals surface area contributed by atoms with Gasteiger partial charge in [0.1, 0.15) is 0 Å². The summed E-state index contributed by atoms with van der Waals surface area (Å²) in [5.41, 5.74) is 3.05. The van der Waals surface area contributed by atoms with Crippen molar-refractivity contribution in [2.24, 2.45) is 0 Å². The van der Waals surface area contributed by atoms with Gasteiger partial charge in [-0.1, -0.05) is 28.1 Å². The third-order valence-electron chi connectivity index (χ3n) is 2.84. The van der Waals surface area contributed by atoms with Crippen LogP contribution in [0.25, 0.3) is 0 Å². The molecule has 0 aliphatic heterocycles. The summed E-state index contributed by atoms with van der Waals surface area (Å²) in [5.74, 6) is -0.161. The second-order valence-electron chi connectivity index (χ2n) is 4.27. The zero-order chi connectivity index (χ0) is 13.8. The molecule has 0 bridgehead atoms. The lowest BCUT2D eigenvalue weighted by atomic mass is 10.1. The summed E-state index contributed by atoms with van der Waals surface area (Å²) in [6.45, 7) is 1.87. The number of hydrogen-bond acceptors (Lipinski definition) is 2. The molecule has 3 nitrogen and oxygen atoms in total. The number of halogens is 1. The van der Waals surface area contributed by atoms with Crippen molar-refractivity contribution in [1.29, 1.82) is 0 Å². The van der Waals surface area contributed by atoms with Gasteiger partial charge in [-0.05, 0) is 48.4 Å². The molecule has 19 heavy (non-hydrogen) atoms. The van der Waals surface area contributed by atoms with E-state index in [2.05, 4.69) is 21.2 Å². The summed E-state index contributed by atoms with van der Waals surface area (Å²) >= 11 is 3.33. The molecule has 0 aliphatic rings. The van der Waals surface area contributed by atoms with Gasteiger partial charge in [-0.25, -0.2) is 0 Å². The Morgan fingerprint density at radius 1 is 1.21 bits per heavy atom. The highest BCUT2D eigenvalue weighted by molar-refractivity contribution is 9.10. The zero-order valence-electron chi connectivity index (χ0n) is 10.5. The molecule has 0 aliphatic carbocycles. The van der Waals surface area contributed by atoms with Gasteiger partial charge in [0.05, 0.1) is 6.61 Å². The highest BCUT2D eigenvalue weighted by atomic mass is 79.9. The van der Waals surface area contributed by atoms with Gasteiger partial charge in [0.2, 0.25) is 0 Å². The van der Waals surface area contributed by atoms with E-state index in [1.807, 2.05) is 31.2 Å². The first kappa shape index (κ1) is 13.8. The number of aliphatic hydroxyl groups excluding tert-OH is 1. The van der Waals surface area contributed by atoms with Gasteiger partial charge in [0, 0.05) is 15.7 Å². The number of aliphatic hydroxyl groups is 1. The molecule has 0 fully saturated rings. The summed E-state index contributed by atoms with van der Waals surface area (Å²) in [7, 11) is 0. The fourth-order valence-corrected chi connectivity index (χ4v) is 1.96. The average Bonchev–Trinajstić information content (AvgIpc) is 2.42. The Kier molecular flexibility index (Phi) is 4.35. The summed E-state index contributed by atoms with van der Waals surface area (Å²) < 4.78 is 0.933. The smallest absolute Gasteiger partial charge is 0.255 e. The van der Waals surface area contributed by atoms with Crippen molar-refractivity contribution in [2.45, 2.75) is 13.5 Å². The fourth-order valence-electron chi connectivity index (χ4n) is 1.70. The molecular formula is C15H14BrNO2. The number of nitrogens with one attached hydrogen (secondary N) is 1. The third-order valence-corrected chi connectivity index (χ3v) is 3.37. The van der Waals surface area contributed by atoms with Crippen molar-refractivity contribution in [3.8, 4) is 0 Å². The molecule has 98 valence electrons. The van der Waals surface area contributed by atoms with Crippen LogP contribution in [-0.4, -0.2) is 11.0 Å². The zero-order valence-corrected chi connectivity index (χ0v) is 12.1. The highest BCUT2D eigenvalue weighted by Gasteiger charge is 2.08.